The summed E-state index contributed by atoms with van der Waals surface area (Å²) in [5.74, 6) is -0.464. The van der Waals surface area contributed by atoms with Crippen molar-refractivity contribution in [3.05, 3.63) is 40.8 Å². The van der Waals surface area contributed by atoms with Crippen LogP contribution < -0.4 is 5.43 Å². The number of nitrogens with one attached hydrogen (secondary N) is 1. The Bertz CT molecular complexity index is 429. The summed E-state index contributed by atoms with van der Waals surface area (Å²) < 4.78 is 0. The van der Waals surface area contributed by atoms with Crippen molar-refractivity contribution in [3.63, 3.8) is 0 Å². The van der Waals surface area contributed by atoms with Gasteiger partial charge in [-0.3, -0.25) is 14.5 Å². The molecule has 1 aliphatic rings. The van der Waals surface area contributed by atoms with Gasteiger partial charge in [0.2, 0.25) is 0 Å². The van der Waals surface area contributed by atoms with E-state index in [-0.39, 0.29) is 38.9 Å². The van der Waals surface area contributed by atoms with Crippen LogP contribution in [0.4, 0.5) is 0 Å². The number of rotatable bonds is 4. The maximum absolute atomic E-state index is 12.1. The van der Waals surface area contributed by atoms with Crippen LogP contribution in [0.15, 0.2) is 24.3 Å². The number of carbonyl (C=O) groups is 2. The average molecular weight is 416 g/mol. The van der Waals surface area contributed by atoms with Crippen LogP contribution in [0.1, 0.15) is 27.6 Å². The van der Waals surface area contributed by atoms with Gasteiger partial charge in [-0.1, -0.05) is 12.1 Å². The molecule has 1 unspecified atom stereocenters. The fraction of sp³-hybridized carbons (Fsp3) is 0.333. The molecule has 2 amide bonds. The van der Waals surface area contributed by atoms with Crippen molar-refractivity contribution in [1.29, 1.82) is 0 Å². The topological polar surface area (TPSA) is 63.5 Å². The van der Waals surface area contributed by atoms with Crippen LogP contribution >= 0.6 is 0 Å². The smallest absolute Gasteiger partial charge is 0.261 e. The van der Waals surface area contributed by atoms with Gasteiger partial charge in [0.25, 0.3) is 11.8 Å². The Hall–Kier alpha value is -1.03. The molecule has 0 aromatic heterocycles. The zero-order valence-corrected chi connectivity index (χ0v) is 13.1. The zero-order valence-electron chi connectivity index (χ0n) is 10.2. The molecule has 1 N–H and O–H groups in total. The van der Waals surface area contributed by atoms with Gasteiger partial charge in [-0.25, -0.2) is 0 Å². The van der Waals surface area contributed by atoms with Gasteiger partial charge >= 0.3 is 0 Å². The third kappa shape index (κ3) is 2.53. The summed E-state index contributed by atoms with van der Waals surface area (Å²) in [7, 11) is 1.69. The number of nitrogens with zero attached hydrogens (tertiary/aromatic N) is 2. The Morgan fingerprint density at radius 1 is 1.22 bits per heavy atom. The molecule has 5 nitrogen and oxygen atoms in total. The molecule has 1 heterocycles. The summed E-state index contributed by atoms with van der Waals surface area (Å²) in [6, 6.07) is 6.64. The molecule has 0 bridgehead atoms. The van der Waals surface area contributed by atoms with Gasteiger partial charge in [0.1, 0.15) is 0 Å². The third-order valence-electron chi connectivity index (χ3n) is 2.78. The van der Waals surface area contributed by atoms with Crippen LogP contribution in [0.3, 0.4) is 0 Å². The number of imide groups is 1. The first kappa shape index (κ1) is 15.0. The molecule has 0 radical (unpaired) electrons. The monoisotopic (exact) mass is 416 g/mol. The molecule has 96 valence electrons. The molecule has 0 saturated carbocycles. The van der Waals surface area contributed by atoms with Crippen molar-refractivity contribution in [2.24, 2.45) is 0 Å². The van der Waals surface area contributed by atoms with Crippen LogP contribution in [0.2, 0.25) is 0 Å². The molecule has 0 saturated heterocycles. The maximum atomic E-state index is 12.1. The standard InChI is InChI=1S/C12H15N3O2.W/c1-8(7-14-13-2)15-11(16)9-5-3-4-6-10(9)12(15)17;/h3-6,8H,7H2,1-2H3,(H2,13,14,16,17);/p-1. The SMILES string of the molecule is CN[N-]CC(C)N1C(=O)c2ccccc2C1=O.[W]. The summed E-state index contributed by atoms with van der Waals surface area (Å²) >= 11 is 0. The summed E-state index contributed by atoms with van der Waals surface area (Å²) in [6.07, 6.45) is 0. The second-order valence-corrected chi connectivity index (χ2v) is 3.94. The molecule has 1 aromatic carbocycles. The van der Waals surface area contributed by atoms with Gasteiger partial charge in [0.05, 0.1) is 11.1 Å². The van der Waals surface area contributed by atoms with E-state index in [1.807, 2.05) is 6.92 Å². The molecular weight excluding hydrogens is 402 g/mol. The van der Waals surface area contributed by atoms with Crippen molar-refractivity contribution >= 4 is 11.8 Å². The maximum Gasteiger partial charge on any atom is 0.261 e. The van der Waals surface area contributed by atoms with Gasteiger partial charge in [-0.15, -0.1) is 6.54 Å². The van der Waals surface area contributed by atoms with E-state index in [0.29, 0.717) is 17.7 Å². The van der Waals surface area contributed by atoms with E-state index in [4.69, 9.17) is 0 Å². The third-order valence-corrected chi connectivity index (χ3v) is 2.78. The summed E-state index contributed by atoms with van der Waals surface area (Å²) in [6.45, 7) is 2.20. The van der Waals surface area contributed by atoms with E-state index in [1.165, 1.54) is 4.90 Å². The number of hydrogen-bond donors (Lipinski definition) is 1. The predicted octanol–water partition coefficient (Wildman–Crippen LogP) is 1.18. The van der Waals surface area contributed by atoms with E-state index in [1.54, 1.807) is 31.3 Å². The molecule has 1 aromatic rings. The van der Waals surface area contributed by atoms with E-state index < -0.39 is 0 Å². The Labute approximate surface area is 120 Å². The first-order chi connectivity index (χ1) is 8.16. The number of amides is 2. The molecule has 0 spiro atoms. The summed E-state index contributed by atoms with van der Waals surface area (Å²) in [5.41, 5.74) is 7.56. The molecule has 0 fully saturated rings. The van der Waals surface area contributed by atoms with Gasteiger partial charge in [-0.2, -0.15) is 0 Å². The van der Waals surface area contributed by atoms with Crippen LogP contribution in [-0.2, 0) is 21.1 Å². The van der Waals surface area contributed by atoms with Crippen molar-refractivity contribution < 1.29 is 30.7 Å². The quantitative estimate of drug-likeness (QED) is 0.593. The Balaban J connectivity index is 0.00000162. The van der Waals surface area contributed by atoms with Crippen LogP contribution in [-0.4, -0.2) is 36.3 Å². The Morgan fingerprint density at radius 3 is 2.17 bits per heavy atom. The largest absolute Gasteiger partial charge is 0.596 e. The van der Waals surface area contributed by atoms with E-state index in [0.717, 1.165) is 0 Å². The van der Waals surface area contributed by atoms with E-state index in [2.05, 4.69) is 10.9 Å². The van der Waals surface area contributed by atoms with E-state index in [9.17, 15) is 9.59 Å². The van der Waals surface area contributed by atoms with Gasteiger partial charge in [-0.05, 0) is 26.1 Å². The minimum atomic E-state index is -0.241. The molecular formula is C12H14N3O2W-. The average Bonchev–Trinajstić information content (AvgIpc) is 2.60. The van der Waals surface area contributed by atoms with Crippen molar-refractivity contribution in [2.45, 2.75) is 13.0 Å². The van der Waals surface area contributed by atoms with Crippen molar-refractivity contribution in [1.82, 2.24) is 10.3 Å². The van der Waals surface area contributed by atoms with Crippen LogP contribution in [0.5, 0.6) is 0 Å². The number of hydrogen-bond acceptors (Lipinski definition) is 3. The second-order valence-electron chi connectivity index (χ2n) is 3.94. The van der Waals surface area contributed by atoms with Gasteiger partial charge in [0, 0.05) is 27.1 Å². The van der Waals surface area contributed by atoms with Crippen LogP contribution in [0.25, 0.3) is 5.43 Å². The number of carbonyl (C=O) groups excluding carboxylic acids is 2. The molecule has 1 aliphatic heterocycles. The van der Waals surface area contributed by atoms with Crippen molar-refractivity contribution in [2.75, 3.05) is 13.6 Å². The predicted molar refractivity (Wildman–Crippen MR) is 63.7 cm³/mol. The normalized spacial score (nSPS) is 15.3. The van der Waals surface area contributed by atoms with Gasteiger partial charge in [0.15, 0.2) is 0 Å². The fourth-order valence-electron chi connectivity index (χ4n) is 1.91. The second kappa shape index (κ2) is 6.23. The summed E-state index contributed by atoms with van der Waals surface area (Å²) in [5, 5.41) is 0. The fourth-order valence-corrected chi connectivity index (χ4v) is 1.91. The number of benzene rings is 1. The molecule has 2 rings (SSSR count). The molecule has 1 atom stereocenters. The summed E-state index contributed by atoms with van der Waals surface area (Å²) in [4.78, 5) is 25.4. The Morgan fingerprint density at radius 2 is 1.72 bits per heavy atom. The first-order valence-corrected chi connectivity index (χ1v) is 5.47. The number of fused-ring (bicyclic) bond motifs is 1. The minimum absolute atomic E-state index is 0. The van der Waals surface area contributed by atoms with Crippen molar-refractivity contribution in [3.8, 4) is 0 Å². The first-order valence-electron chi connectivity index (χ1n) is 5.47. The van der Waals surface area contributed by atoms with Crippen LogP contribution in [0, 0.1) is 0 Å². The van der Waals surface area contributed by atoms with Gasteiger partial charge < -0.3 is 10.9 Å². The Kier molecular flexibility index (Phi) is 5.20. The minimum Gasteiger partial charge on any atom is -0.596 e. The molecule has 18 heavy (non-hydrogen) atoms. The van der Waals surface area contributed by atoms with E-state index >= 15 is 0 Å². The molecule has 0 aliphatic carbocycles. The zero-order chi connectivity index (χ0) is 12.4. The molecule has 6 heteroatoms.